The average Bonchev–Trinajstić information content (AvgIpc) is 2.10. The summed E-state index contributed by atoms with van der Waals surface area (Å²) in [6.07, 6.45) is 3.59. The molecule has 5 nitrogen and oxygen atoms in total. The van der Waals surface area contributed by atoms with Gasteiger partial charge in [0.2, 0.25) is 0 Å². The highest BCUT2D eigenvalue weighted by Gasteiger charge is 1.96. The summed E-state index contributed by atoms with van der Waals surface area (Å²) in [6.45, 7) is 1.35. The van der Waals surface area contributed by atoms with Crippen LogP contribution in [0.5, 0.6) is 0 Å². The van der Waals surface area contributed by atoms with Crippen molar-refractivity contribution < 1.29 is 9.63 Å². The Labute approximate surface area is 84.5 Å². The van der Waals surface area contributed by atoms with Gasteiger partial charge in [0.05, 0.1) is 0 Å². The van der Waals surface area contributed by atoms with Crippen molar-refractivity contribution in [2.45, 2.75) is 25.7 Å². The van der Waals surface area contributed by atoms with Crippen LogP contribution in [0.4, 0.5) is 4.79 Å². The zero-order valence-electron chi connectivity index (χ0n) is 7.62. The van der Waals surface area contributed by atoms with Gasteiger partial charge in [-0.25, -0.2) is 4.79 Å². The van der Waals surface area contributed by atoms with Gasteiger partial charge in [-0.15, -0.1) is 12.4 Å². The number of halogens is 1. The van der Waals surface area contributed by atoms with Crippen LogP contribution in [0.15, 0.2) is 0 Å². The topological polar surface area (TPSA) is 90.4 Å². The molecule has 0 radical (unpaired) electrons. The molecule has 0 spiro atoms. The van der Waals surface area contributed by atoms with E-state index in [2.05, 4.69) is 16.1 Å². The Kier molecular flexibility index (Phi) is 13.2. The van der Waals surface area contributed by atoms with Crippen molar-refractivity contribution in [3.8, 4) is 0 Å². The number of nitrogens with two attached hydrogens (primary N) is 2. The second-order valence-corrected chi connectivity index (χ2v) is 2.53. The van der Waals surface area contributed by atoms with Gasteiger partial charge < -0.3 is 15.9 Å². The van der Waals surface area contributed by atoms with Gasteiger partial charge >= 0.3 is 6.09 Å². The van der Waals surface area contributed by atoms with E-state index in [1.54, 1.807) is 0 Å². The Morgan fingerprint density at radius 2 is 1.85 bits per heavy atom. The van der Waals surface area contributed by atoms with E-state index in [9.17, 15) is 4.79 Å². The van der Waals surface area contributed by atoms with Crippen molar-refractivity contribution in [2.24, 2.45) is 11.6 Å². The van der Waals surface area contributed by atoms with E-state index in [0.29, 0.717) is 6.54 Å². The summed E-state index contributed by atoms with van der Waals surface area (Å²) >= 11 is 0. The van der Waals surface area contributed by atoms with Crippen LogP contribution < -0.4 is 16.9 Å². The molecule has 0 aliphatic carbocycles. The molecular formula is C7H18ClN3O2. The van der Waals surface area contributed by atoms with E-state index < -0.39 is 6.09 Å². The van der Waals surface area contributed by atoms with Gasteiger partial charge in [-0.05, 0) is 19.4 Å². The van der Waals surface area contributed by atoms with Crippen molar-refractivity contribution in [1.29, 1.82) is 0 Å². The van der Waals surface area contributed by atoms with E-state index in [4.69, 9.17) is 5.73 Å². The van der Waals surface area contributed by atoms with Crippen molar-refractivity contribution in [3.05, 3.63) is 0 Å². The third-order valence-corrected chi connectivity index (χ3v) is 1.51. The van der Waals surface area contributed by atoms with E-state index in [1.807, 2.05) is 0 Å². The summed E-state index contributed by atoms with van der Waals surface area (Å²) in [5, 5.41) is 2.49. The number of hydrogen-bond acceptors (Lipinski definition) is 4. The van der Waals surface area contributed by atoms with Crippen LogP contribution in [0.2, 0.25) is 0 Å². The van der Waals surface area contributed by atoms with Gasteiger partial charge in [-0.2, -0.15) is 5.90 Å². The first-order chi connectivity index (χ1) is 5.81. The van der Waals surface area contributed by atoms with Crippen molar-refractivity contribution in [2.75, 3.05) is 13.1 Å². The molecule has 13 heavy (non-hydrogen) atoms. The van der Waals surface area contributed by atoms with Crippen LogP contribution >= 0.6 is 12.4 Å². The third-order valence-electron chi connectivity index (χ3n) is 1.51. The molecule has 0 heterocycles. The summed E-state index contributed by atoms with van der Waals surface area (Å²) in [4.78, 5) is 14.3. The molecule has 5 N–H and O–H groups in total. The Morgan fingerprint density at radius 3 is 2.38 bits per heavy atom. The molecule has 0 aromatic carbocycles. The van der Waals surface area contributed by atoms with Crippen molar-refractivity contribution >= 4 is 18.5 Å². The second kappa shape index (κ2) is 11.5. The van der Waals surface area contributed by atoms with Crippen LogP contribution in [-0.2, 0) is 4.84 Å². The first-order valence-corrected chi connectivity index (χ1v) is 4.16. The summed E-state index contributed by atoms with van der Waals surface area (Å²) in [6, 6.07) is 0. The number of carbonyl (C=O) groups excluding carboxylic acids is 1. The Balaban J connectivity index is 0. The molecule has 0 bridgehead atoms. The molecule has 0 rings (SSSR count). The van der Waals surface area contributed by atoms with Gasteiger partial charge in [-0.1, -0.05) is 12.8 Å². The minimum absolute atomic E-state index is 0. The van der Waals surface area contributed by atoms with E-state index in [0.717, 1.165) is 32.2 Å². The lowest BCUT2D eigenvalue weighted by Crippen LogP contribution is -2.27. The van der Waals surface area contributed by atoms with Crippen molar-refractivity contribution in [1.82, 2.24) is 5.32 Å². The Bertz CT molecular complexity index is 124. The number of amides is 1. The van der Waals surface area contributed by atoms with E-state index >= 15 is 0 Å². The highest BCUT2D eigenvalue weighted by atomic mass is 35.5. The molecule has 0 aromatic heterocycles. The predicted molar refractivity (Wildman–Crippen MR) is 53.4 cm³/mol. The molecule has 80 valence electrons. The van der Waals surface area contributed by atoms with Crippen LogP contribution in [0.25, 0.3) is 0 Å². The van der Waals surface area contributed by atoms with Crippen molar-refractivity contribution in [3.63, 3.8) is 0 Å². The first-order valence-electron chi connectivity index (χ1n) is 4.16. The molecule has 0 aliphatic rings. The maximum atomic E-state index is 10.4. The van der Waals surface area contributed by atoms with Gasteiger partial charge in [0.15, 0.2) is 0 Å². The zero-order chi connectivity index (χ0) is 9.23. The highest BCUT2D eigenvalue weighted by Crippen LogP contribution is 1.96. The fourth-order valence-corrected chi connectivity index (χ4v) is 0.855. The lowest BCUT2D eigenvalue weighted by molar-refractivity contribution is 0.147. The molecule has 6 heteroatoms. The van der Waals surface area contributed by atoms with Crippen LogP contribution in [-0.4, -0.2) is 19.2 Å². The van der Waals surface area contributed by atoms with E-state index in [-0.39, 0.29) is 12.4 Å². The normalized spacial score (nSPS) is 8.77. The standard InChI is InChI=1S/C7H17N3O2.ClH/c8-5-3-1-2-4-6-10-7(11)12-9;/h1-6,8-9H2,(H,10,11);1H. The first kappa shape index (κ1) is 15.0. The zero-order valence-corrected chi connectivity index (χ0v) is 8.44. The SMILES string of the molecule is Cl.NCCCCCCNC(=O)ON. The number of rotatable bonds is 6. The van der Waals surface area contributed by atoms with Crippen LogP contribution in [0, 0.1) is 0 Å². The number of unbranched alkanes of at least 4 members (excludes halogenated alkanes) is 3. The summed E-state index contributed by atoms with van der Waals surface area (Å²) < 4.78 is 0. The molecule has 0 aliphatic heterocycles. The average molecular weight is 212 g/mol. The lowest BCUT2D eigenvalue weighted by Gasteiger charge is -2.01. The predicted octanol–water partition coefficient (Wildman–Crippen LogP) is 0.527. The molecule has 1 amide bonds. The maximum absolute atomic E-state index is 10.4. The fourth-order valence-electron chi connectivity index (χ4n) is 0.855. The van der Waals surface area contributed by atoms with Gasteiger partial charge in [0.25, 0.3) is 0 Å². The monoisotopic (exact) mass is 211 g/mol. The summed E-state index contributed by atoms with van der Waals surface area (Å²) in [5.74, 6) is 4.61. The minimum Gasteiger partial charge on any atom is -0.357 e. The smallest absolute Gasteiger partial charge is 0.357 e. The maximum Gasteiger partial charge on any atom is 0.425 e. The van der Waals surface area contributed by atoms with Gasteiger partial charge in [-0.3, -0.25) is 0 Å². The molecule has 0 fully saturated rings. The number of carbonyl (C=O) groups is 1. The summed E-state index contributed by atoms with van der Waals surface area (Å²) in [7, 11) is 0. The molecular weight excluding hydrogens is 194 g/mol. The lowest BCUT2D eigenvalue weighted by atomic mass is 10.2. The fraction of sp³-hybridized carbons (Fsp3) is 0.857. The Hall–Kier alpha value is -0.520. The molecule has 0 atom stereocenters. The quantitative estimate of drug-likeness (QED) is 0.442. The second-order valence-electron chi connectivity index (χ2n) is 2.53. The summed E-state index contributed by atoms with van der Waals surface area (Å²) in [5.41, 5.74) is 5.31. The number of hydrogen-bond donors (Lipinski definition) is 3. The minimum atomic E-state index is -0.575. The molecule has 0 saturated heterocycles. The highest BCUT2D eigenvalue weighted by molar-refractivity contribution is 5.85. The van der Waals surface area contributed by atoms with E-state index in [1.165, 1.54) is 0 Å². The molecule has 0 saturated carbocycles. The van der Waals surface area contributed by atoms with Gasteiger partial charge in [0, 0.05) is 6.54 Å². The molecule has 0 unspecified atom stereocenters. The third kappa shape index (κ3) is 11.5. The number of nitrogens with one attached hydrogen (secondary N) is 1. The van der Waals surface area contributed by atoms with Crippen LogP contribution in [0.1, 0.15) is 25.7 Å². The Morgan fingerprint density at radius 1 is 1.23 bits per heavy atom. The largest absolute Gasteiger partial charge is 0.425 e. The van der Waals surface area contributed by atoms with Crippen LogP contribution in [0.3, 0.4) is 0 Å². The van der Waals surface area contributed by atoms with Gasteiger partial charge in [0.1, 0.15) is 0 Å². The molecule has 0 aromatic rings.